The Morgan fingerprint density at radius 1 is 1.15 bits per heavy atom. The van der Waals surface area contributed by atoms with Gasteiger partial charge in [-0.25, -0.2) is 0 Å². The molecule has 4 rings (SSSR count). The molecule has 1 aliphatic rings. The lowest BCUT2D eigenvalue weighted by Crippen LogP contribution is -2.23. The molecule has 4 nitrogen and oxygen atoms in total. The third kappa shape index (κ3) is 3.30. The smallest absolute Gasteiger partial charge is 0.266 e. The highest BCUT2D eigenvalue weighted by atomic mass is 32.2. The molecule has 136 valence electrons. The number of nitrogens with zero attached hydrogens (tertiary/aromatic N) is 3. The summed E-state index contributed by atoms with van der Waals surface area (Å²) in [6.07, 6.45) is 4.12. The fraction of sp³-hybridized carbons (Fsp3) is 0.182. The van der Waals surface area contributed by atoms with Crippen molar-refractivity contribution in [2.75, 3.05) is 14.1 Å². The van der Waals surface area contributed by atoms with Gasteiger partial charge in [-0.15, -0.1) is 0 Å². The highest BCUT2D eigenvalue weighted by Crippen LogP contribution is 2.33. The molecular weight excluding hydrogens is 354 g/mol. The zero-order valence-electron chi connectivity index (χ0n) is 15.6. The number of hydrogen-bond donors (Lipinski definition) is 0. The number of aliphatic imine (C=N–C) groups is 1. The lowest BCUT2D eigenvalue weighted by Gasteiger charge is -2.06. The van der Waals surface area contributed by atoms with Gasteiger partial charge in [0.2, 0.25) is 0 Å². The molecule has 1 fully saturated rings. The summed E-state index contributed by atoms with van der Waals surface area (Å²) in [5.41, 5.74) is 4.74. The molecule has 0 aliphatic carbocycles. The molecule has 27 heavy (non-hydrogen) atoms. The highest BCUT2D eigenvalue weighted by Gasteiger charge is 2.30. The highest BCUT2D eigenvalue weighted by molar-refractivity contribution is 8.18. The van der Waals surface area contributed by atoms with Crippen LogP contribution in [0.25, 0.3) is 17.0 Å². The molecule has 0 atom stereocenters. The van der Waals surface area contributed by atoms with Gasteiger partial charge < -0.3 is 4.57 Å². The first-order chi connectivity index (χ1) is 13.1. The van der Waals surface area contributed by atoms with E-state index in [0.29, 0.717) is 4.91 Å². The van der Waals surface area contributed by atoms with E-state index >= 15 is 0 Å². The van der Waals surface area contributed by atoms with Crippen LogP contribution in [0, 0.1) is 6.92 Å². The van der Waals surface area contributed by atoms with Gasteiger partial charge in [0.05, 0.1) is 4.91 Å². The number of likely N-dealkylation sites (N-methyl/N-ethyl adjacent to an activating group) is 1. The maximum atomic E-state index is 12.5. The molecule has 0 radical (unpaired) electrons. The number of carbonyl (C=O) groups excluding carboxylic acids is 1. The Labute approximate surface area is 163 Å². The molecular formula is C22H21N3OS. The number of benzene rings is 2. The maximum absolute atomic E-state index is 12.5. The lowest BCUT2D eigenvalue weighted by molar-refractivity contribution is -0.121. The van der Waals surface area contributed by atoms with Crippen LogP contribution >= 0.6 is 11.8 Å². The van der Waals surface area contributed by atoms with Crippen molar-refractivity contribution in [3.05, 3.63) is 76.3 Å². The fourth-order valence-corrected chi connectivity index (χ4v) is 4.34. The van der Waals surface area contributed by atoms with Crippen LogP contribution in [0.3, 0.4) is 0 Å². The Kier molecular flexibility index (Phi) is 4.62. The molecule has 0 N–H and O–H groups in total. The second-order valence-electron chi connectivity index (χ2n) is 6.70. The van der Waals surface area contributed by atoms with Gasteiger partial charge in [-0.2, -0.15) is 0 Å². The van der Waals surface area contributed by atoms with Crippen molar-refractivity contribution in [3.8, 4) is 0 Å². The van der Waals surface area contributed by atoms with Crippen LogP contribution in [0.15, 0.2) is 64.6 Å². The van der Waals surface area contributed by atoms with Crippen molar-refractivity contribution in [1.29, 1.82) is 0 Å². The van der Waals surface area contributed by atoms with Crippen LogP contribution in [0.5, 0.6) is 0 Å². The first-order valence-corrected chi connectivity index (χ1v) is 9.66. The molecule has 0 spiro atoms. The van der Waals surface area contributed by atoms with Gasteiger partial charge in [0.15, 0.2) is 5.17 Å². The number of aryl methyl sites for hydroxylation is 1. The number of carbonyl (C=O) groups is 1. The summed E-state index contributed by atoms with van der Waals surface area (Å²) < 4.78 is 2.25. The van der Waals surface area contributed by atoms with E-state index in [1.165, 1.54) is 28.4 Å². The van der Waals surface area contributed by atoms with E-state index in [0.717, 1.165) is 22.7 Å². The van der Waals surface area contributed by atoms with E-state index < -0.39 is 0 Å². The van der Waals surface area contributed by atoms with Crippen LogP contribution in [-0.2, 0) is 11.3 Å². The SMILES string of the molecule is CN=C1S/C(=C\c2cn(Cc3cccc(C)c3)c3ccccc23)C(=O)N1C. The number of para-hydroxylation sites is 1. The van der Waals surface area contributed by atoms with Crippen molar-refractivity contribution in [3.63, 3.8) is 0 Å². The van der Waals surface area contributed by atoms with Gasteiger partial charge in [0, 0.05) is 43.3 Å². The van der Waals surface area contributed by atoms with E-state index in [-0.39, 0.29) is 5.91 Å². The van der Waals surface area contributed by atoms with E-state index in [1.807, 2.05) is 12.1 Å². The molecule has 3 aromatic rings. The summed E-state index contributed by atoms with van der Waals surface area (Å²) in [6, 6.07) is 16.9. The zero-order chi connectivity index (χ0) is 19.0. The van der Waals surface area contributed by atoms with Gasteiger partial charge >= 0.3 is 0 Å². The third-order valence-electron chi connectivity index (χ3n) is 4.74. The largest absolute Gasteiger partial charge is 0.342 e. The Balaban J connectivity index is 1.77. The van der Waals surface area contributed by atoms with Crippen LogP contribution in [0.1, 0.15) is 16.7 Å². The maximum Gasteiger partial charge on any atom is 0.266 e. The Hall–Kier alpha value is -2.79. The van der Waals surface area contributed by atoms with Crippen LogP contribution in [0.2, 0.25) is 0 Å². The van der Waals surface area contributed by atoms with E-state index in [9.17, 15) is 4.79 Å². The lowest BCUT2D eigenvalue weighted by atomic mass is 10.1. The molecule has 2 heterocycles. The first kappa shape index (κ1) is 17.6. The topological polar surface area (TPSA) is 37.6 Å². The predicted molar refractivity (Wildman–Crippen MR) is 114 cm³/mol. The van der Waals surface area contributed by atoms with Gasteiger partial charge in [-0.3, -0.25) is 14.7 Å². The van der Waals surface area contributed by atoms with Crippen LogP contribution in [-0.4, -0.2) is 34.6 Å². The minimum absolute atomic E-state index is 0.00360. The average molecular weight is 375 g/mol. The normalized spacial score (nSPS) is 17.6. The number of aromatic nitrogens is 1. The fourth-order valence-electron chi connectivity index (χ4n) is 3.42. The summed E-state index contributed by atoms with van der Waals surface area (Å²) in [7, 11) is 3.47. The number of fused-ring (bicyclic) bond motifs is 1. The summed E-state index contributed by atoms with van der Waals surface area (Å²) in [5.74, 6) is -0.00360. The molecule has 0 unspecified atom stereocenters. The second-order valence-corrected chi connectivity index (χ2v) is 7.71. The van der Waals surface area contributed by atoms with Gasteiger partial charge in [0.25, 0.3) is 5.91 Å². The summed E-state index contributed by atoms with van der Waals surface area (Å²) in [5, 5.41) is 1.88. The van der Waals surface area contributed by atoms with Gasteiger partial charge in [-0.05, 0) is 36.4 Å². The van der Waals surface area contributed by atoms with Crippen molar-refractivity contribution < 1.29 is 4.79 Å². The number of amides is 1. The van der Waals surface area contributed by atoms with E-state index in [2.05, 4.69) is 65.1 Å². The summed E-state index contributed by atoms with van der Waals surface area (Å²) >= 11 is 1.42. The number of thioether (sulfide) groups is 1. The number of hydrogen-bond acceptors (Lipinski definition) is 3. The Bertz CT molecular complexity index is 1090. The average Bonchev–Trinajstić information content (AvgIpc) is 3.14. The molecule has 5 heteroatoms. The Morgan fingerprint density at radius 3 is 2.70 bits per heavy atom. The minimum atomic E-state index is -0.00360. The summed E-state index contributed by atoms with van der Waals surface area (Å²) in [4.78, 5) is 19.0. The molecule has 1 aliphatic heterocycles. The number of rotatable bonds is 3. The van der Waals surface area contributed by atoms with Crippen molar-refractivity contribution in [2.45, 2.75) is 13.5 Å². The van der Waals surface area contributed by atoms with Gasteiger partial charge in [-0.1, -0.05) is 48.0 Å². The molecule has 0 bridgehead atoms. The van der Waals surface area contributed by atoms with Gasteiger partial charge in [0.1, 0.15) is 0 Å². The third-order valence-corrected chi connectivity index (χ3v) is 5.89. The van der Waals surface area contributed by atoms with Crippen molar-refractivity contribution in [1.82, 2.24) is 9.47 Å². The standard InChI is InChI=1S/C22H21N3OS/c1-15-7-6-8-16(11-15)13-25-14-17(18-9-4-5-10-19(18)25)12-20-21(26)24(3)22(23-2)27-20/h4-12,14H,13H2,1-3H3/b20-12-,23-22?. The monoisotopic (exact) mass is 375 g/mol. The van der Waals surface area contributed by atoms with Crippen LogP contribution < -0.4 is 0 Å². The van der Waals surface area contributed by atoms with Crippen molar-refractivity contribution >= 4 is 39.8 Å². The van der Waals surface area contributed by atoms with E-state index in [1.54, 1.807) is 19.0 Å². The second kappa shape index (κ2) is 7.08. The first-order valence-electron chi connectivity index (χ1n) is 8.84. The molecule has 1 amide bonds. The van der Waals surface area contributed by atoms with E-state index in [4.69, 9.17) is 0 Å². The zero-order valence-corrected chi connectivity index (χ0v) is 16.5. The minimum Gasteiger partial charge on any atom is -0.342 e. The quantitative estimate of drug-likeness (QED) is 0.631. The predicted octanol–water partition coefficient (Wildman–Crippen LogP) is 4.53. The molecule has 0 saturated carbocycles. The van der Waals surface area contributed by atoms with Crippen molar-refractivity contribution in [2.24, 2.45) is 4.99 Å². The number of amidine groups is 1. The molecule has 1 aromatic heterocycles. The Morgan fingerprint density at radius 2 is 1.96 bits per heavy atom. The molecule has 2 aromatic carbocycles. The summed E-state index contributed by atoms with van der Waals surface area (Å²) in [6.45, 7) is 2.91. The van der Waals surface area contributed by atoms with Crippen LogP contribution in [0.4, 0.5) is 0 Å². The molecule has 1 saturated heterocycles.